The molecule has 0 aliphatic carbocycles. The maximum atomic E-state index is 12.5. The van der Waals surface area contributed by atoms with E-state index in [1.54, 1.807) is 0 Å². The lowest BCUT2D eigenvalue weighted by atomic mass is 10.1. The van der Waals surface area contributed by atoms with Gasteiger partial charge in [-0.3, -0.25) is 24.6 Å². The molecule has 0 unspecified atom stereocenters. The molecule has 138 valence electrons. The lowest BCUT2D eigenvalue weighted by molar-refractivity contribution is -0.384. The molecule has 3 rings (SSSR count). The summed E-state index contributed by atoms with van der Waals surface area (Å²) in [7, 11) is 0. The number of amides is 2. The summed E-state index contributed by atoms with van der Waals surface area (Å²) in [5.41, 5.74) is 0.701. The third-order valence-electron chi connectivity index (χ3n) is 3.71. The van der Waals surface area contributed by atoms with Crippen molar-refractivity contribution in [2.45, 2.75) is 6.54 Å². The molecule has 1 aliphatic rings. The van der Waals surface area contributed by atoms with Crippen LogP contribution in [-0.2, 0) is 11.3 Å². The zero-order chi connectivity index (χ0) is 19.7. The molecule has 2 amide bonds. The number of phenols is 1. The highest BCUT2D eigenvalue weighted by atomic mass is 35.5. The zero-order valence-corrected chi connectivity index (χ0v) is 15.7. The Kier molecular flexibility index (Phi) is 5.41. The van der Waals surface area contributed by atoms with E-state index in [0.29, 0.717) is 5.56 Å². The molecule has 2 aromatic carbocycles. The van der Waals surface area contributed by atoms with E-state index >= 15 is 0 Å². The number of rotatable bonds is 4. The van der Waals surface area contributed by atoms with Crippen molar-refractivity contribution in [2.24, 2.45) is 0 Å². The van der Waals surface area contributed by atoms with Crippen LogP contribution in [0, 0.1) is 10.1 Å². The van der Waals surface area contributed by atoms with Crippen molar-refractivity contribution < 1.29 is 19.6 Å². The average molecular weight is 425 g/mol. The fourth-order valence-electron chi connectivity index (χ4n) is 2.38. The third kappa shape index (κ3) is 4.08. The molecule has 10 heteroatoms. The number of imide groups is 1. The number of nitrogens with zero attached hydrogens (tertiary/aromatic N) is 2. The minimum absolute atomic E-state index is 0.0255. The number of halogens is 2. The van der Waals surface area contributed by atoms with E-state index in [1.807, 2.05) is 0 Å². The highest BCUT2D eigenvalue weighted by molar-refractivity contribution is 8.18. The number of thioether (sulfide) groups is 1. The largest absolute Gasteiger partial charge is 0.506 e. The summed E-state index contributed by atoms with van der Waals surface area (Å²) in [5.74, 6) is -0.790. The molecule has 0 atom stereocenters. The standard InChI is InChI=1S/C17H10Cl2N2O5S/c18-11-5-10(15(22)13(19)7-11)6-14-16(23)20(17(24)27-14)8-9-1-3-12(4-2-9)21(25)26/h1-7,22H,8H2/b14-6-. The van der Waals surface area contributed by atoms with E-state index in [-0.39, 0.29) is 38.5 Å². The number of carbonyl (C=O) groups excluding carboxylic acids is 2. The van der Waals surface area contributed by atoms with Crippen LogP contribution in [0.1, 0.15) is 11.1 Å². The van der Waals surface area contributed by atoms with Gasteiger partial charge in [0.25, 0.3) is 16.8 Å². The Morgan fingerprint density at radius 1 is 1.19 bits per heavy atom. The fourth-order valence-corrected chi connectivity index (χ4v) is 3.72. The van der Waals surface area contributed by atoms with Crippen LogP contribution in [0.15, 0.2) is 41.3 Å². The summed E-state index contributed by atoms with van der Waals surface area (Å²) < 4.78 is 0. The Balaban J connectivity index is 1.84. The molecule has 0 radical (unpaired) electrons. The van der Waals surface area contributed by atoms with E-state index in [2.05, 4.69) is 0 Å². The molecule has 1 N–H and O–H groups in total. The number of nitro groups is 1. The molecule has 2 aromatic rings. The molecule has 0 bridgehead atoms. The maximum absolute atomic E-state index is 12.5. The van der Waals surface area contributed by atoms with Gasteiger partial charge in [-0.2, -0.15) is 0 Å². The van der Waals surface area contributed by atoms with E-state index in [4.69, 9.17) is 23.2 Å². The summed E-state index contributed by atoms with van der Waals surface area (Å²) in [4.78, 5) is 36.0. The van der Waals surface area contributed by atoms with Crippen LogP contribution < -0.4 is 0 Å². The van der Waals surface area contributed by atoms with Crippen molar-refractivity contribution >= 4 is 57.9 Å². The Hall–Kier alpha value is -2.55. The summed E-state index contributed by atoms with van der Waals surface area (Å²) >= 11 is 12.5. The summed E-state index contributed by atoms with van der Waals surface area (Å²) in [6, 6.07) is 8.34. The first-order valence-electron chi connectivity index (χ1n) is 7.43. The number of carbonyl (C=O) groups is 2. The molecule has 27 heavy (non-hydrogen) atoms. The van der Waals surface area contributed by atoms with Gasteiger partial charge in [0.05, 0.1) is 21.4 Å². The summed E-state index contributed by atoms with van der Waals surface area (Å²) in [6.45, 7) is -0.0255. The zero-order valence-electron chi connectivity index (χ0n) is 13.4. The van der Waals surface area contributed by atoms with Crippen LogP contribution in [0.2, 0.25) is 10.0 Å². The van der Waals surface area contributed by atoms with Crippen molar-refractivity contribution in [3.05, 3.63) is 72.6 Å². The molecule has 0 saturated carbocycles. The van der Waals surface area contributed by atoms with Gasteiger partial charge in [-0.05, 0) is 35.5 Å². The van der Waals surface area contributed by atoms with Crippen LogP contribution in [0.5, 0.6) is 5.75 Å². The molecular weight excluding hydrogens is 415 g/mol. The molecule has 1 aliphatic heterocycles. The quantitative estimate of drug-likeness (QED) is 0.427. The van der Waals surface area contributed by atoms with Gasteiger partial charge in [0.2, 0.25) is 0 Å². The Bertz CT molecular complexity index is 992. The average Bonchev–Trinajstić information content (AvgIpc) is 2.87. The molecule has 1 fully saturated rings. The minimum Gasteiger partial charge on any atom is -0.506 e. The van der Waals surface area contributed by atoms with Crippen LogP contribution >= 0.6 is 35.0 Å². The molecule has 0 aromatic heterocycles. The fraction of sp³-hybridized carbons (Fsp3) is 0.0588. The van der Waals surface area contributed by atoms with Crippen molar-refractivity contribution in [1.82, 2.24) is 4.90 Å². The Morgan fingerprint density at radius 3 is 2.48 bits per heavy atom. The van der Waals surface area contributed by atoms with E-state index in [9.17, 15) is 24.8 Å². The predicted molar refractivity (Wildman–Crippen MR) is 103 cm³/mol. The first-order chi connectivity index (χ1) is 12.8. The monoisotopic (exact) mass is 424 g/mol. The summed E-state index contributed by atoms with van der Waals surface area (Å²) in [6.07, 6.45) is 1.34. The number of benzene rings is 2. The second kappa shape index (κ2) is 7.59. The second-order valence-corrected chi connectivity index (χ2v) is 7.35. The van der Waals surface area contributed by atoms with Crippen LogP contribution in [0.25, 0.3) is 6.08 Å². The summed E-state index contributed by atoms with van der Waals surface area (Å²) in [5, 5.41) is 20.5. The minimum atomic E-state index is -0.543. The Morgan fingerprint density at radius 2 is 1.85 bits per heavy atom. The first kappa shape index (κ1) is 19.2. The maximum Gasteiger partial charge on any atom is 0.293 e. The van der Waals surface area contributed by atoms with Gasteiger partial charge in [-0.25, -0.2) is 0 Å². The number of aromatic hydroxyl groups is 1. The van der Waals surface area contributed by atoms with E-state index < -0.39 is 16.1 Å². The molecule has 1 saturated heterocycles. The van der Waals surface area contributed by atoms with Crippen molar-refractivity contribution in [2.75, 3.05) is 0 Å². The molecule has 7 nitrogen and oxygen atoms in total. The number of non-ortho nitro benzene ring substituents is 1. The van der Waals surface area contributed by atoms with Crippen LogP contribution in [-0.4, -0.2) is 26.1 Å². The SMILES string of the molecule is O=C1S/C(=C\c2cc(Cl)cc(Cl)c2O)C(=O)N1Cc1ccc([N+](=O)[O-])cc1. The van der Waals surface area contributed by atoms with E-state index in [0.717, 1.165) is 16.7 Å². The van der Waals surface area contributed by atoms with Crippen LogP contribution in [0.4, 0.5) is 10.5 Å². The number of hydrogen-bond acceptors (Lipinski definition) is 6. The Labute approximate surface area is 167 Å². The van der Waals surface area contributed by atoms with Gasteiger partial charge >= 0.3 is 0 Å². The van der Waals surface area contributed by atoms with Gasteiger partial charge in [0.1, 0.15) is 5.75 Å². The van der Waals surface area contributed by atoms with Gasteiger partial charge < -0.3 is 5.11 Å². The van der Waals surface area contributed by atoms with Crippen molar-refractivity contribution in [3.8, 4) is 5.75 Å². The van der Waals surface area contributed by atoms with Crippen LogP contribution in [0.3, 0.4) is 0 Å². The number of phenolic OH excluding ortho intramolecular Hbond substituents is 1. The molecule has 1 heterocycles. The van der Waals surface area contributed by atoms with Gasteiger partial charge in [0.15, 0.2) is 0 Å². The van der Waals surface area contributed by atoms with Gasteiger partial charge in [-0.15, -0.1) is 0 Å². The third-order valence-corrected chi connectivity index (χ3v) is 5.12. The number of nitro benzene ring substituents is 1. The lowest BCUT2D eigenvalue weighted by Gasteiger charge is -2.12. The van der Waals surface area contributed by atoms with Gasteiger partial charge in [-0.1, -0.05) is 35.3 Å². The first-order valence-corrected chi connectivity index (χ1v) is 9.00. The van der Waals surface area contributed by atoms with Crippen molar-refractivity contribution in [1.29, 1.82) is 0 Å². The van der Waals surface area contributed by atoms with Crippen molar-refractivity contribution in [3.63, 3.8) is 0 Å². The van der Waals surface area contributed by atoms with Gasteiger partial charge in [0, 0.05) is 22.7 Å². The highest BCUT2D eigenvalue weighted by Gasteiger charge is 2.35. The normalized spacial score (nSPS) is 15.6. The number of hydrogen-bond donors (Lipinski definition) is 1. The van der Waals surface area contributed by atoms with E-state index in [1.165, 1.54) is 42.5 Å². The smallest absolute Gasteiger partial charge is 0.293 e. The second-order valence-electron chi connectivity index (χ2n) is 5.52. The topological polar surface area (TPSA) is 101 Å². The molecule has 0 spiro atoms. The predicted octanol–water partition coefficient (Wildman–Crippen LogP) is 4.84. The molecular formula is C17H10Cl2N2O5S. The lowest BCUT2D eigenvalue weighted by Crippen LogP contribution is -2.27. The highest BCUT2D eigenvalue weighted by Crippen LogP contribution is 2.37.